The lowest BCUT2D eigenvalue weighted by Gasteiger charge is -2.44. The van der Waals surface area contributed by atoms with Gasteiger partial charge in [-0.25, -0.2) is 4.79 Å². The van der Waals surface area contributed by atoms with Crippen molar-refractivity contribution >= 4 is 6.03 Å². The molecule has 1 aromatic heterocycles. The molecule has 2 aromatic rings. The summed E-state index contributed by atoms with van der Waals surface area (Å²) >= 11 is 0. The van der Waals surface area contributed by atoms with E-state index < -0.39 is 5.60 Å². The largest absolute Gasteiger partial charge is 0.482 e. The number of carbonyl (C=O) groups is 1. The second-order valence-electron chi connectivity index (χ2n) is 10.5. The number of hydrogen-bond donors (Lipinski definition) is 2. The molecule has 4 heterocycles. The number of benzene rings is 1. The highest BCUT2D eigenvalue weighted by molar-refractivity contribution is 5.76. The average Bonchev–Trinajstić information content (AvgIpc) is 3.16. The number of aromatic nitrogens is 2. The summed E-state index contributed by atoms with van der Waals surface area (Å²) in [7, 11) is 0. The summed E-state index contributed by atoms with van der Waals surface area (Å²) in [5.74, 6) is 0.907. The number of ether oxygens (including phenoxy) is 1. The second-order valence-corrected chi connectivity index (χ2v) is 10.5. The molecule has 0 bridgehead atoms. The zero-order valence-electron chi connectivity index (χ0n) is 20.4. The number of hydrogen-bond acceptors (Lipinski definition) is 4. The number of nitrogens with one attached hydrogen (secondary N) is 2. The van der Waals surface area contributed by atoms with Crippen LogP contribution < -0.4 is 15.4 Å². The Morgan fingerprint density at radius 1 is 1.27 bits per heavy atom. The normalized spacial score (nSPS) is 22.9. The Labute approximate surface area is 196 Å². The molecule has 2 fully saturated rings. The van der Waals surface area contributed by atoms with Crippen molar-refractivity contribution in [2.45, 2.75) is 77.0 Å². The lowest BCUT2D eigenvalue weighted by atomic mass is 9.79. The lowest BCUT2D eigenvalue weighted by molar-refractivity contribution is 0.00450. The average molecular weight is 452 g/mol. The highest BCUT2D eigenvalue weighted by Gasteiger charge is 2.48. The van der Waals surface area contributed by atoms with Gasteiger partial charge in [-0.3, -0.25) is 4.68 Å². The smallest absolute Gasteiger partial charge is 0.317 e. The molecule has 0 saturated carbocycles. The van der Waals surface area contributed by atoms with Gasteiger partial charge in [-0.2, -0.15) is 5.10 Å². The third-order valence-electron chi connectivity index (χ3n) is 7.61. The van der Waals surface area contributed by atoms with E-state index in [-0.39, 0.29) is 11.6 Å². The van der Waals surface area contributed by atoms with Gasteiger partial charge in [-0.1, -0.05) is 19.1 Å². The molecule has 3 aliphatic rings. The molecule has 178 valence electrons. The van der Waals surface area contributed by atoms with Gasteiger partial charge < -0.3 is 20.3 Å². The quantitative estimate of drug-likeness (QED) is 0.727. The number of rotatable bonds is 3. The number of fused-ring (bicyclic) bond motifs is 4. The third kappa shape index (κ3) is 3.90. The first-order valence-electron chi connectivity index (χ1n) is 12.5. The number of para-hydroxylation sites is 1. The molecule has 2 amide bonds. The maximum Gasteiger partial charge on any atom is 0.317 e. The Kier molecular flexibility index (Phi) is 5.63. The van der Waals surface area contributed by atoms with E-state index in [1.165, 1.54) is 11.3 Å². The van der Waals surface area contributed by atoms with Crippen LogP contribution >= 0.6 is 0 Å². The summed E-state index contributed by atoms with van der Waals surface area (Å²) in [6.07, 6.45) is 4.62. The van der Waals surface area contributed by atoms with Crippen molar-refractivity contribution in [1.82, 2.24) is 25.3 Å². The third-order valence-corrected chi connectivity index (χ3v) is 7.61. The molecule has 0 radical (unpaired) electrons. The highest BCUT2D eigenvalue weighted by atomic mass is 16.5. The Balaban J connectivity index is 1.51. The van der Waals surface area contributed by atoms with Crippen molar-refractivity contribution in [3.8, 4) is 17.0 Å². The Morgan fingerprint density at radius 3 is 2.76 bits per heavy atom. The molecular weight excluding hydrogens is 414 g/mol. The van der Waals surface area contributed by atoms with Crippen LogP contribution in [0.25, 0.3) is 11.3 Å². The van der Waals surface area contributed by atoms with Gasteiger partial charge in [-0.05, 0) is 58.7 Å². The summed E-state index contributed by atoms with van der Waals surface area (Å²) < 4.78 is 9.07. The number of amides is 2. The number of piperidine rings is 2. The minimum Gasteiger partial charge on any atom is -0.482 e. The molecule has 7 heteroatoms. The van der Waals surface area contributed by atoms with Gasteiger partial charge in [0.05, 0.1) is 6.04 Å². The summed E-state index contributed by atoms with van der Waals surface area (Å²) in [4.78, 5) is 14.5. The van der Waals surface area contributed by atoms with E-state index in [9.17, 15) is 4.79 Å². The number of likely N-dealkylation sites (tertiary alicyclic amines) is 1. The van der Waals surface area contributed by atoms with Gasteiger partial charge in [0.25, 0.3) is 0 Å². The predicted molar refractivity (Wildman–Crippen MR) is 130 cm³/mol. The van der Waals surface area contributed by atoms with Crippen LogP contribution in [-0.4, -0.2) is 52.4 Å². The molecule has 1 atom stereocenters. The van der Waals surface area contributed by atoms with Gasteiger partial charge in [0.1, 0.15) is 17.0 Å². The predicted octanol–water partition coefficient (Wildman–Crippen LogP) is 4.36. The first-order valence-corrected chi connectivity index (χ1v) is 12.5. The summed E-state index contributed by atoms with van der Waals surface area (Å²) in [5, 5.41) is 11.9. The SMILES string of the molecule is CCCNC(=O)N1CCC2(CC1)Oc1ccccc1-c1nn([C@@H]3CCNC(C)(C)C3)c(C)c12. The van der Waals surface area contributed by atoms with E-state index in [0.717, 1.165) is 55.7 Å². The molecule has 0 aliphatic carbocycles. The van der Waals surface area contributed by atoms with Gasteiger partial charge in [0.2, 0.25) is 0 Å². The fraction of sp³-hybridized carbons (Fsp3) is 0.615. The maximum absolute atomic E-state index is 12.6. The van der Waals surface area contributed by atoms with Crippen molar-refractivity contribution in [1.29, 1.82) is 0 Å². The lowest BCUT2D eigenvalue weighted by Crippen LogP contribution is -2.51. The standard InChI is InChI=1S/C26H37N5O2/c1-5-13-27-24(32)30-15-11-26(12-16-30)22-18(2)31(19-10-14-28-25(3,4)17-19)29-23(22)20-8-6-7-9-21(20)33-26/h6-9,19,28H,5,10-17H2,1-4H3,(H,27,32)/t19-/m1/s1. The van der Waals surface area contributed by atoms with E-state index in [1.54, 1.807) is 0 Å². The van der Waals surface area contributed by atoms with Crippen LogP contribution in [0, 0.1) is 6.92 Å². The summed E-state index contributed by atoms with van der Waals surface area (Å²) in [5.41, 5.74) is 4.25. The molecule has 0 unspecified atom stereocenters. The molecule has 33 heavy (non-hydrogen) atoms. The van der Waals surface area contributed by atoms with Crippen LogP contribution in [0.3, 0.4) is 0 Å². The molecule has 5 rings (SSSR count). The molecule has 2 N–H and O–H groups in total. The zero-order valence-corrected chi connectivity index (χ0v) is 20.4. The maximum atomic E-state index is 12.6. The topological polar surface area (TPSA) is 71.4 Å². The van der Waals surface area contributed by atoms with Gasteiger partial charge in [0.15, 0.2) is 0 Å². The summed E-state index contributed by atoms with van der Waals surface area (Å²) in [6.45, 7) is 11.9. The van der Waals surface area contributed by atoms with Crippen LogP contribution in [0.5, 0.6) is 5.75 Å². The van der Waals surface area contributed by atoms with Gasteiger partial charge in [-0.15, -0.1) is 0 Å². The number of urea groups is 1. The van der Waals surface area contributed by atoms with Crippen LogP contribution in [-0.2, 0) is 5.60 Å². The van der Waals surface area contributed by atoms with Crippen molar-refractivity contribution in [2.75, 3.05) is 26.2 Å². The van der Waals surface area contributed by atoms with Crippen LogP contribution in [0.15, 0.2) is 24.3 Å². The van der Waals surface area contributed by atoms with Crippen LogP contribution in [0.1, 0.15) is 70.2 Å². The minimum atomic E-state index is -0.435. The van der Waals surface area contributed by atoms with Gasteiger partial charge in [0, 0.05) is 54.8 Å². The van der Waals surface area contributed by atoms with E-state index in [1.807, 2.05) is 11.0 Å². The Morgan fingerprint density at radius 2 is 2.03 bits per heavy atom. The monoisotopic (exact) mass is 451 g/mol. The van der Waals surface area contributed by atoms with Crippen LogP contribution in [0.2, 0.25) is 0 Å². The Hall–Kier alpha value is -2.54. The highest BCUT2D eigenvalue weighted by Crippen LogP contribution is 2.51. The number of nitrogens with zero attached hydrogens (tertiary/aromatic N) is 3. The zero-order chi connectivity index (χ0) is 23.2. The van der Waals surface area contributed by atoms with Gasteiger partial charge >= 0.3 is 6.03 Å². The van der Waals surface area contributed by atoms with Crippen molar-refractivity contribution < 1.29 is 9.53 Å². The first kappa shape index (κ1) is 22.3. The van der Waals surface area contributed by atoms with E-state index in [0.29, 0.717) is 25.7 Å². The first-order chi connectivity index (χ1) is 15.8. The molecule has 1 aromatic carbocycles. The molecule has 1 spiro atoms. The number of carbonyl (C=O) groups excluding carboxylic acids is 1. The molecule has 3 aliphatic heterocycles. The summed E-state index contributed by atoms with van der Waals surface area (Å²) in [6, 6.07) is 8.68. The van der Waals surface area contributed by atoms with Crippen molar-refractivity contribution in [2.24, 2.45) is 0 Å². The van der Waals surface area contributed by atoms with Crippen LogP contribution in [0.4, 0.5) is 4.79 Å². The van der Waals surface area contributed by atoms with E-state index >= 15 is 0 Å². The van der Waals surface area contributed by atoms with Crippen molar-refractivity contribution in [3.05, 3.63) is 35.5 Å². The second kappa shape index (κ2) is 8.35. The molecule has 2 saturated heterocycles. The van der Waals surface area contributed by atoms with E-state index in [4.69, 9.17) is 9.84 Å². The van der Waals surface area contributed by atoms with E-state index in [2.05, 4.69) is 61.2 Å². The fourth-order valence-electron chi connectivity index (χ4n) is 5.94. The molecular formula is C26H37N5O2. The molecule has 7 nitrogen and oxygen atoms in total. The fourth-order valence-corrected chi connectivity index (χ4v) is 5.94. The van der Waals surface area contributed by atoms with Crippen molar-refractivity contribution in [3.63, 3.8) is 0 Å². The minimum absolute atomic E-state index is 0.0347. The Bertz CT molecular complexity index is 1040.